The second kappa shape index (κ2) is 6.34. The number of amides is 1. The topological polar surface area (TPSA) is 57.6 Å². The highest BCUT2D eigenvalue weighted by Gasteiger charge is 2.48. The number of nitrogens with zero attached hydrogens (tertiary/aromatic N) is 1. The van der Waals surface area contributed by atoms with Gasteiger partial charge in [0, 0.05) is 5.92 Å². The zero-order valence-corrected chi connectivity index (χ0v) is 12.9. The molecule has 118 valence electrons. The Morgan fingerprint density at radius 2 is 1.48 bits per heavy atom. The van der Waals surface area contributed by atoms with Gasteiger partial charge in [-0.05, 0) is 11.1 Å². The quantitative estimate of drug-likeness (QED) is 0.881. The zero-order chi connectivity index (χ0) is 16.4. The fourth-order valence-corrected chi connectivity index (χ4v) is 3.24. The van der Waals surface area contributed by atoms with Crippen LogP contribution in [0.4, 0.5) is 0 Å². The first-order valence-electron chi connectivity index (χ1n) is 7.70. The van der Waals surface area contributed by atoms with E-state index in [0.29, 0.717) is 0 Å². The molecule has 3 rings (SSSR count). The summed E-state index contributed by atoms with van der Waals surface area (Å²) in [4.78, 5) is 25.7. The predicted octanol–water partition coefficient (Wildman–Crippen LogP) is 2.18. The predicted molar refractivity (Wildman–Crippen MR) is 86.6 cm³/mol. The Hall–Kier alpha value is -2.46. The SMILES string of the molecule is C[C@@H]1C(C=O)N(C(c2ccccc2)c2ccccc2)C(=O)[C@@H]1O. The van der Waals surface area contributed by atoms with Crippen LogP contribution in [0.3, 0.4) is 0 Å². The van der Waals surface area contributed by atoms with Gasteiger partial charge in [-0.25, -0.2) is 0 Å². The molecule has 1 unspecified atom stereocenters. The number of carbonyl (C=O) groups is 2. The lowest BCUT2D eigenvalue weighted by atomic mass is 9.95. The Bertz CT molecular complexity index is 647. The average Bonchev–Trinajstić information content (AvgIpc) is 2.81. The molecule has 1 amide bonds. The highest BCUT2D eigenvalue weighted by atomic mass is 16.3. The molecule has 1 fully saturated rings. The molecule has 0 spiro atoms. The van der Waals surface area contributed by atoms with Crippen LogP contribution >= 0.6 is 0 Å². The highest BCUT2D eigenvalue weighted by molar-refractivity contribution is 5.88. The fraction of sp³-hybridized carbons (Fsp3) is 0.263. The highest BCUT2D eigenvalue weighted by Crippen LogP contribution is 2.37. The number of hydrogen-bond acceptors (Lipinski definition) is 3. The maximum Gasteiger partial charge on any atom is 0.253 e. The smallest absolute Gasteiger partial charge is 0.253 e. The van der Waals surface area contributed by atoms with Crippen molar-refractivity contribution < 1.29 is 14.7 Å². The van der Waals surface area contributed by atoms with E-state index < -0.39 is 24.0 Å². The second-order valence-corrected chi connectivity index (χ2v) is 5.90. The van der Waals surface area contributed by atoms with E-state index in [2.05, 4.69) is 0 Å². The molecule has 4 heteroatoms. The number of likely N-dealkylation sites (tertiary alicyclic amines) is 1. The summed E-state index contributed by atoms with van der Waals surface area (Å²) in [6.07, 6.45) is -0.377. The number of carbonyl (C=O) groups excluding carboxylic acids is 2. The number of rotatable bonds is 4. The zero-order valence-electron chi connectivity index (χ0n) is 12.9. The van der Waals surface area contributed by atoms with Crippen molar-refractivity contribution in [3.05, 3.63) is 71.8 Å². The molecular formula is C19H19NO3. The van der Waals surface area contributed by atoms with Crippen LogP contribution in [0.5, 0.6) is 0 Å². The molecule has 0 bridgehead atoms. The molecule has 4 nitrogen and oxygen atoms in total. The Morgan fingerprint density at radius 1 is 1.00 bits per heavy atom. The maximum atomic E-state index is 12.6. The number of aliphatic hydroxyl groups is 1. The van der Waals surface area contributed by atoms with Crippen molar-refractivity contribution in [3.8, 4) is 0 Å². The summed E-state index contributed by atoms with van der Waals surface area (Å²) < 4.78 is 0. The van der Waals surface area contributed by atoms with E-state index in [9.17, 15) is 14.7 Å². The molecule has 1 aliphatic rings. The van der Waals surface area contributed by atoms with E-state index >= 15 is 0 Å². The Kier molecular flexibility index (Phi) is 4.26. The summed E-state index contributed by atoms with van der Waals surface area (Å²) in [6, 6.07) is 18.1. The van der Waals surface area contributed by atoms with Crippen LogP contribution in [0.2, 0.25) is 0 Å². The van der Waals surface area contributed by atoms with Gasteiger partial charge in [0.25, 0.3) is 5.91 Å². The van der Waals surface area contributed by atoms with E-state index in [4.69, 9.17) is 0 Å². The summed E-state index contributed by atoms with van der Waals surface area (Å²) in [7, 11) is 0. The van der Waals surface area contributed by atoms with Crippen LogP contribution in [-0.4, -0.2) is 34.3 Å². The van der Waals surface area contributed by atoms with Crippen LogP contribution in [0.1, 0.15) is 24.1 Å². The molecule has 1 heterocycles. The fourth-order valence-electron chi connectivity index (χ4n) is 3.24. The number of aliphatic hydroxyl groups excluding tert-OH is 1. The molecule has 1 saturated heterocycles. The summed E-state index contributed by atoms with van der Waals surface area (Å²) in [6.45, 7) is 1.73. The third kappa shape index (κ3) is 2.66. The van der Waals surface area contributed by atoms with Gasteiger partial charge in [-0.2, -0.15) is 0 Å². The molecule has 0 saturated carbocycles. The van der Waals surface area contributed by atoms with E-state index in [0.717, 1.165) is 17.4 Å². The van der Waals surface area contributed by atoms with Crippen LogP contribution in [0, 0.1) is 5.92 Å². The molecule has 0 radical (unpaired) electrons. The van der Waals surface area contributed by atoms with Crippen molar-refractivity contribution in [2.75, 3.05) is 0 Å². The lowest BCUT2D eigenvalue weighted by Gasteiger charge is -2.32. The standard InChI is InChI=1S/C19H19NO3/c1-13-16(12-21)20(19(23)18(13)22)17(14-8-4-2-5-9-14)15-10-6-3-7-11-15/h2-13,16-18,22H,1H3/t13-,16?,18-/m1/s1. The van der Waals surface area contributed by atoms with Gasteiger partial charge < -0.3 is 14.8 Å². The van der Waals surface area contributed by atoms with Crippen LogP contribution in [0.15, 0.2) is 60.7 Å². The van der Waals surface area contributed by atoms with Gasteiger partial charge in [0.1, 0.15) is 12.4 Å². The van der Waals surface area contributed by atoms with Gasteiger partial charge in [-0.1, -0.05) is 67.6 Å². The minimum atomic E-state index is -1.14. The average molecular weight is 309 g/mol. The lowest BCUT2D eigenvalue weighted by molar-refractivity contribution is -0.138. The Labute approximate surface area is 135 Å². The Balaban J connectivity index is 2.12. The molecule has 2 aromatic carbocycles. The monoisotopic (exact) mass is 309 g/mol. The normalized spacial score (nSPS) is 24.2. The van der Waals surface area contributed by atoms with E-state index in [1.54, 1.807) is 6.92 Å². The number of benzene rings is 2. The first-order valence-corrected chi connectivity index (χ1v) is 7.70. The maximum absolute atomic E-state index is 12.6. The van der Waals surface area contributed by atoms with E-state index in [-0.39, 0.29) is 6.04 Å². The number of hydrogen-bond donors (Lipinski definition) is 1. The van der Waals surface area contributed by atoms with Gasteiger partial charge in [0.2, 0.25) is 0 Å². The van der Waals surface area contributed by atoms with Crippen molar-refractivity contribution in [1.29, 1.82) is 0 Å². The van der Waals surface area contributed by atoms with Gasteiger partial charge in [-0.15, -0.1) is 0 Å². The molecule has 23 heavy (non-hydrogen) atoms. The first kappa shape index (κ1) is 15.4. The molecule has 2 aromatic rings. The largest absolute Gasteiger partial charge is 0.383 e. The van der Waals surface area contributed by atoms with Crippen molar-refractivity contribution >= 4 is 12.2 Å². The van der Waals surface area contributed by atoms with Crippen LogP contribution < -0.4 is 0 Å². The molecule has 3 atom stereocenters. The third-order valence-electron chi connectivity index (χ3n) is 4.51. The summed E-state index contributed by atoms with van der Waals surface area (Å²) in [5.41, 5.74) is 1.83. The molecular weight excluding hydrogens is 290 g/mol. The van der Waals surface area contributed by atoms with E-state index in [1.807, 2.05) is 60.7 Å². The molecule has 0 aliphatic carbocycles. The molecule has 0 aromatic heterocycles. The van der Waals surface area contributed by atoms with Crippen molar-refractivity contribution in [2.24, 2.45) is 5.92 Å². The molecule has 1 aliphatic heterocycles. The lowest BCUT2D eigenvalue weighted by Crippen LogP contribution is -2.40. The van der Waals surface area contributed by atoms with Crippen molar-refractivity contribution in [1.82, 2.24) is 4.90 Å². The van der Waals surface area contributed by atoms with Crippen molar-refractivity contribution in [3.63, 3.8) is 0 Å². The number of aldehydes is 1. The summed E-state index contributed by atoms with van der Waals surface area (Å²) >= 11 is 0. The third-order valence-corrected chi connectivity index (χ3v) is 4.51. The van der Waals surface area contributed by atoms with Gasteiger partial charge in [-0.3, -0.25) is 4.79 Å². The second-order valence-electron chi connectivity index (χ2n) is 5.90. The van der Waals surface area contributed by atoms with E-state index in [1.165, 1.54) is 4.90 Å². The minimum absolute atomic E-state index is 0.389. The van der Waals surface area contributed by atoms with Gasteiger partial charge in [0.15, 0.2) is 0 Å². The van der Waals surface area contributed by atoms with Crippen molar-refractivity contribution in [2.45, 2.75) is 25.1 Å². The van der Waals surface area contributed by atoms with Crippen LogP contribution in [0.25, 0.3) is 0 Å². The van der Waals surface area contributed by atoms with Gasteiger partial charge in [0.05, 0.1) is 12.1 Å². The first-order chi connectivity index (χ1) is 11.1. The summed E-state index contributed by atoms with van der Waals surface area (Å²) in [5, 5.41) is 10.1. The van der Waals surface area contributed by atoms with Crippen LogP contribution in [-0.2, 0) is 9.59 Å². The molecule has 1 N–H and O–H groups in total. The summed E-state index contributed by atoms with van der Waals surface area (Å²) in [5.74, 6) is -0.817. The van der Waals surface area contributed by atoms with Gasteiger partial charge >= 0.3 is 0 Å². The minimum Gasteiger partial charge on any atom is -0.383 e. The Morgan fingerprint density at radius 3 is 1.91 bits per heavy atom.